The zero-order chi connectivity index (χ0) is 23.5. The number of alkyl halides is 3. The summed E-state index contributed by atoms with van der Waals surface area (Å²) in [5, 5.41) is 3.62. The number of ether oxygens (including phenoxy) is 2. The summed E-state index contributed by atoms with van der Waals surface area (Å²) in [5.41, 5.74) is -1.29. The van der Waals surface area contributed by atoms with Crippen LogP contribution in [0.3, 0.4) is 0 Å². The van der Waals surface area contributed by atoms with Crippen LogP contribution in [-0.2, 0) is 20.7 Å². The average molecular weight is 469 g/mol. The Bertz CT molecular complexity index is 1010. The van der Waals surface area contributed by atoms with Crippen LogP contribution in [0.15, 0.2) is 30.4 Å². The molecule has 0 saturated carbocycles. The first kappa shape index (κ1) is 24.0. The smallest absolute Gasteiger partial charge is 0.463 e. The van der Waals surface area contributed by atoms with Gasteiger partial charge in [0, 0.05) is 34.7 Å². The van der Waals surface area contributed by atoms with Gasteiger partial charge in [-0.3, -0.25) is 9.59 Å². The molecule has 0 bridgehead atoms. The zero-order valence-electron chi connectivity index (χ0n) is 18.2. The number of amides is 1. The highest BCUT2D eigenvalue weighted by atomic mass is 35.5. The molecule has 2 atom stereocenters. The molecule has 0 fully saturated rings. The number of benzene rings is 1. The van der Waals surface area contributed by atoms with E-state index in [0.29, 0.717) is 31.2 Å². The predicted octanol–water partition coefficient (Wildman–Crippen LogP) is 4.84. The fourth-order valence-corrected chi connectivity index (χ4v) is 4.10. The van der Waals surface area contributed by atoms with Gasteiger partial charge in [0.25, 0.3) is 0 Å². The van der Waals surface area contributed by atoms with Gasteiger partial charge in [0.15, 0.2) is 0 Å². The Balaban J connectivity index is 1.67. The van der Waals surface area contributed by atoms with E-state index in [1.165, 1.54) is 12.1 Å². The summed E-state index contributed by atoms with van der Waals surface area (Å²) in [6, 6.07) is 4.55. The van der Waals surface area contributed by atoms with Gasteiger partial charge in [-0.15, -0.1) is 8.78 Å². The van der Waals surface area contributed by atoms with Crippen LogP contribution in [0.5, 0.6) is 5.75 Å². The van der Waals surface area contributed by atoms with E-state index >= 15 is 0 Å². The van der Waals surface area contributed by atoms with Crippen LogP contribution in [-0.4, -0.2) is 35.1 Å². The second-order valence-electron chi connectivity index (χ2n) is 8.17. The normalized spacial score (nSPS) is 18.7. The van der Waals surface area contributed by atoms with Crippen molar-refractivity contribution in [1.29, 1.82) is 0 Å². The lowest BCUT2D eigenvalue weighted by Gasteiger charge is -2.26. The molecule has 1 amide bonds. The van der Waals surface area contributed by atoms with Gasteiger partial charge in [-0.25, -0.2) is 0 Å². The molecule has 1 aromatic heterocycles. The van der Waals surface area contributed by atoms with Crippen LogP contribution in [0.4, 0.5) is 8.78 Å². The summed E-state index contributed by atoms with van der Waals surface area (Å²) in [7, 11) is 0. The minimum atomic E-state index is -3.80. The van der Waals surface area contributed by atoms with Gasteiger partial charge in [0.2, 0.25) is 5.91 Å². The van der Waals surface area contributed by atoms with Crippen molar-refractivity contribution in [2.24, 2.45) is 11.8 Å². The number of aromatic amines is 1. The van der Waals surface area contributed by atoms with Gasteiger partial charge >= 0.3 is 11.5 Å². The number of hydrogen-bond donors (Lipinski definition) is 2. The fourth-order valence-electron chi connectivity index (χ4n) is 4.01. The first-order valence-corrected chi connectivity index (χ1v) is 10.9. The van der Waals surface area contributed by atoms with E-state index in [-0.39, 0.29) is 23.7 Å². The molecule has 1 aliphatic rings. The van der Waals surface area contributed by atoms with Crippen molar-refractivity contribution in [3.63, 3.8) is 0 Å². The summed E-state index contributed by atoms with van der Waals surface area (Å²) >= 11 is 4.87. The highest BCUT2D eigenvalue weighted by Gasteiger charge is 2.35. The molecule has 0 spiro atoms. The first-order chi connectivity index (χ1) is 15.0. The maximum Gasteiger partial charge on any atom is 0.487 e. The lowest BCUT2D eigenvalue weighted by molar-refractivity contribution is -0.156. The largest absolute Gasteiger partial charge is 0.487 e. The number of carbonyl (C=O) groups excluding carboxylic acids is 2. The highest BCUT2D eigenvalue weighted by molar-refractivity contribution is 6.20. The van der Waals surface area contributed by atoms with Crippen LogP contribution in [0, 0.1) is 18.8 Å². The Labute approximate surface area is 190 Å². The summed E-state index contributed by atoms with van der Waals surface area (Å²) in [6.07, 6.45) is 4.98. The number of nitrogens with one attached hydrogen (secondary N) is 2. The van der Waals surface area contributed by atoms with E-state index in [2.05, 4.69) is 15.0 Å². The average Bonchev–Trinajstić information content (AvgIpc) is 3.01. The Morgan fingerprint density at radius 1 is 1.25 bits per heavy atom. The maximum atomic E-state index is 13.0. The second kappa shape index (κ2) is 9.90. The lowest BCUT2D eigenvalue weighted by atomic mass is 9.82. The van der Waals surface area contributed by atoms with Gasteiger partial charge in [-0.1, -0.05) is 12.2 Å². The van der Waals surface area contributed by atoms with Crippen LogP contribution in [0.2, 0.25) is 0 Å². The quantitative estimate of drug-likeness (QED) is 0.330. The van der Waals surface area contributed by atoms with Crippen LogP contribution in [0.25, 0.3) is 10.9 Å². The number of halogens is 3. The van der Waals surface area contributed by atoms with E-state index in [1.807, 2.05) is 19.1 Å². The number of esters is 1. The Morgan fingerprint density at radius 2 is 1.94 bits per heavy atom. The predicted molar refractivity (Wildman–Crippen MR) is 118 cm³/mol. The number of H-pyrrole nitrogens is 1. The molecule has 0 radical (unpaired) electrons. The van der Waals surface area contributed by atoms with Crippen molar-refractivity contribution in [2.75, 3.05) is 6.54 Å². The van der Waals surface area contributed by atoms with Crippen molar-refractivity contribution < 1.29 is 27.8 Å². The van der Waals surface area contributed by atoms with Crippen molar-refractivity contribution in [2.45, 2.75) is 51.7 Å². The molecule has 1 aromatic carbocycles. The minimum absolute atomic E-state index is 0.0534. The Morgan fingerprint density at radius 3 is 2.59 bits per heavy atom. The SMILES string of the molecule is Cc1[nH]c2ccc(OC(F)(F)Cl)cc2c1CCNC(=O)[C@@H]1CC=CC[C@@H]1C(=O)OC(C)C. The van der Waals surface area contributed by atoms with Crippen molar-refractivity contribution in [3.8, 4) is 5.75 Å². The fraction of sp³-hybridized carbons (Fsp3) is 0.478. The minimum Gasteiger partial charge on any atom is -0.463 e. The van der Waals surface area contributed by atoms with Crippen molar-refractivity contribution in [1.82, 2.24) is 10.3 Å². The molecule has 32 heavy (non-hydrogen) atoms. The molecule has 174 valence electrons. The van der Waals surface area contributed by atoms with Crippen molar-refractivity contribution >= 4 is 34.4 Å². The molecule has 0 unspecified atom stereocenters. The molecule has 2 N–H and O–H groups in total. The van der Waals surface area contributed by atoms with E-state index in [1.54, 1.807) is 19.9 Å². The molecule has 2 aromatic rings. The van der Waals surface area contributed by atoms with Crippen LogP contribution < -0.4 is 10.1 Å². The Kier molecular flexibility index (Phi) is 7.44. The summed E-state index contributed by atoms with van der Waals surface area (Å²) < 4.78 is 35.7. The number of rotatable bonds is 8. The standard InChI is InChI=1S/C23H27ClF2N2O4/c1-13(2)31-22(30)18-7-5-4-6-17(18)21(29)27-11-10-16-14(3)28-20-9-8-15(12-19(16)20)32-23(24,25)26/h4-5,8-9,12-13,17-18,28H,6-7,10-11H2,1-3H3,(H,27,29)/t17-,18+/m1/s1. The van der Waals surface area contributed by atoms with Crippen LogP contribution in [0.1, 0.15) is 37.9 Å². The molecule has 1 aliphatic carbocycles. The number of carbonyl (C=O) groups is 2. The van der Waals surface area contributed by atoms with Gasteiger partial charge in [-0.2, -0.15) is 0 Å². The molecule has 1 heterocycles. The molecule has 3 rings (SSSR count). The van der Waals surface area contributed by atoms with E-state index < -0.39 is 17.4 Å². The number of hydrogen-bond acceptors (Lipinski definition) is 4. The summed E-state index contributed by atoms with van der Waals surface area (Å²) in [6.45, 7) is 5.76. The highest BCUT2D eigenvalue weighted by Crippen LogP contribution is 2.31. The first-order valence-electron chi connectivity index (χ1n) is 10.6. The molecule has 0 saturated heterocycles. The van der Waals surface area contributed by atoms with E-state index in [0.717, 1.165) is 16.8 Å². The summed E-state index contributed by atoms with van der Waals surface area (Å²) in [5.74, 6) is -1.61. The van der Waals surface area contributed by atoms with Crippen LogP contribution >= 0.6 is 11.6 Å². The topological polar surface area (TPSA) is 80.4 Å². The third-order valence-corrected chi connectivity index (χ3v) is 5.50. The number of aryl methyl sites for hydroxylation is 1. The number of aromatic nitrogens is 1. The monoisotopic (exact) mass is 468 g/mol. The van der Waals surface area contributed by atoms with Crippen molar-refractivity contribution in [3.05, 3.63) is 41.6 Å². The number of fused-ring (bicyclic) bond motifs is 1. The maximum absolute atomic E-state index is 13.0. The molecule has 6 nitrogen and oxygen atoms in total. The molecular formula is C23H27ClF2N2O4. The third-order valence-electron chi connectivity index (χ3n) is 5.42. The molecular weight excluding hydrogens is 442 g/mol. The lowest BCUT2D eigenvalue weighted by Crippen LogP contribution is -2.40. The van der Waals surface area contributed by atoms with Gasteiger partial charge in [0.05, 0.1) is 17.9 Å². The van der Waals surface area contributed by atoms with E-state index in [9.17, 15) is 18.4 Å². The van der Waals surface area contributed by atoms with E-state index in [4.69, 9.17) is 16.3 Å². The third kappa shape index (κ3) is 6.00. The van der Waals surface area contributed by atoms with Gasteiger partial charge in [-0.05, 0) is 63.8 Å². The number of allylic oxidation sites excluding steroid dienone is 2. The van der Waals surface area contributed by atoms with Gasteiger partial charge in [0.1, 0.15) is 5.75 Å². The summed E-state index contributed by atoms with van der Waals surface area (Å²) in [4.78, 5) is 28.4. The van der Waals surface area contributed by atoms with Gasteiger partial charge < -0.3 is 19.8 Å². The molecule has 9 heteroatoms. The second-order valence-corrected chi connectivity index (χ2v) is 8.61. The Hall–Kier alpha value is -2.61. The molecule has 0 aliphatic heterocycles. The zero-order valence-corrected chi connectivity index (χ0v) is 19.0.